The number of H-pyrrole nitrogens is 1. The number of fused-ring (bicyclic) bond motifs is 1. The number of nitrogens with one attached hydrogen (secondary N) is 2. The smallest absolute Gasteiger partial charge is 0.201 e. The van der Waals surface area contributed by atoms with E-state index >= 15 is 0 Å². The number of benzene rings is 2. The maximum Gasteiger partial charge on any atom is 0.201 e. The molecule has 0 amide bonds. The molecule has 5 heteroatoms. The van der Waals surface area contributed by atoms with Crippen LogP contribution in [-0.2, 0) is 6.54 Å². The lowest BCUT2D eigenvalue weighted by Gasteiger charge is -2.08. The van der Waals surface area contributed by atoms with E-state index in [4.69, 9.17) is 10.00 Å². The number of imidazole rings is 1. The van der Waals surface area contributed by atoms with Crippen molar-refractivity contribution in [3.8, 4) is 11.8 Å². The standard InChI is InChI=1S/C16H14N4O/c1-21-15-5-3-2-4-12(15)10-18-16-19-13-7-6-11(9-17)8-14(13)20-16/h2-8H,10H2,1H3,(H2,18,19,20). The van der Waals surface area contributed by atoms with Gasteiger partial charge in [0.05, 0.1) is 29.8 Å². The molecule has 0 radical (unpaired) electrons. The fourth-order valence-electron chi connectivity index (χ4n) is 2.19. The van der Waals surface area contributed by atoms with Crippen LogP contribution in [0.4, 0.5) is 5.95 Å². The van der Waals surface area contributed by atoms with Gasteiger partial charge in [0, 0.05) is 12.1 Å². The minimum absolute atomic E-state index is 0.606. The molecule has 21 heavy (non-hydrogen) atoms. The summed E-state index contributed by atoms with van der Waals surface area (Å²) in [5, 5.41) is 12.1. The van der Waals surface area contributed by atoms with Gasteiger partial charge in [-0.2, -0.15) is 5.26 Å². The van der Waals surface area contributed by atoms with Crippen molar-refractivity contribution in [2.75, 3.05) is 12.4 Å². The molecule has 0 aliphatic rings. The molecule has 0 fully saturated rings. The summed E-state index contributed by atoms with van der Waals surface area (Å²) in [5.41, 5.74) is 3.34. The van der Waals surface area contributed by atoms with Crippen molar-refractivity contribution < 1.29 is 4.74 Å². The summed E-state index contributed by atoms with van der Waals surface area (Å²) >= 11 is 0. The van der Waals surface area contributed by atoms with E-state index in [1.165, 1.54) is 0 Å². The fourth-order valence-corrected chi connectivity index (χ4v) is 2.19. The highest BCUT2D eigenvalue weighted by atomic mass is 16.5. The molecule has 2 aromatic carbocycles. The Kier molecular flexibility index (Phi) is 3.44. The van der Waals surface area contributed by atoms with Crippen LogP contribution in [0.5, 0.6) is 5.75 Å². The number of rotatable bonds is 4. The van der Waals surface area contributed by atoms with Gasteiger partial charge in [0.2, 0.25) is 5.95 Å². The van der Waals surface area contributed by atoms with Crippen LogP contribution in [0.3, 0.4) is 0 Å². The average Bonchev–Trinajstić information content (AvgIpc) is 2.94. The molecule has 0 aliphatic carbocycles. The molecule has 3 aromatic rings. The lowest BCUT2D eigenvalue weighted by Crippen LogP contribution is -2.02. The predicted octanol–water partition coefficient (Wildman–Crippen LogP) is 3.06. The fraction of sp³-hybridized carbons (Fsp3) is 0.125. The molecule has 3 rings (SSSR count). The highest BCUT2D eigenvalue weighted by Crippen LogP contribution is 2.20. The first-order chi connectivity index (χ1) is 10.3. The first-order valence-electron chi connectivity index (χ1n) is 6.56. The average molecular weight is 278 g/mol. The van der Waals surface area contributed by atoms with Crippen molar-refractivity contribution in [2.24, 2.45) is 0 Å². The minimum Gasteiger partial charge on any atom is -0.496 e. The molecular formula is C16H14N4O. The van der Waals surface area contributed by atoms with Gasteiger partial charge in [-0.15, -0.1) is 0 Å². The number of ether oxygens (including phenoxy) is 1. The van der Waals surface area contributed by atoms with Gasteiger partial charge < -0.3 is 15.0 Å². The molecule has 5 nitrogen and oxygen atoms in total. The van der Waals surface area contributed by atoms with E-state index in [0.29, 0.717) is 18.1 Å². The highest BCUT2D eigenvalue weighted by molar-refractivity contribution is 5.78. The SMILES string of the molecule is COc1ccccc1CNc1nc2ccc(C#N)cc2[nH]1. The molecule has 0 spiro atoms. The molecule has 0 saturated carbocycles. The molecule has 1 heterocycles. The van der Waals surface area contributed by atoms with E-state index < -0.39 is 0 Å². The second kappa shape index (κ2) is 5.55. The van der Waals surface area contributed by atoms with Crippen molar-refractivity contribution in [2.45, 2.75) is 6.54 Å². The summed E-state index contributed by atoms with van der Waals surface area (Å²) < 4.78 is 5.32. The lowest BCUT2D eigenvalue weighted by molar-refractivity contribution is 0.410. The topological polar surface area (TPSA) is 73.7 Å². The van der Waals surface area contributed by atoms with Gasteiger partial charge in [-0.3, -0.25) is 0 Å². The van der Waals surface area contributed by atoms with Crippen LogP contribution in [0.2, 0.25) is 0 Å². The third kappa shape index (κ3) is 2.65. The van der Waals surface area contributed by atoms with E-state index in [2.05, 4.69) is 21.4 Å². The van der Waals surface area contributed by atoms with E-state index in [9.17, 15) is 0 Å². The van der Waals surface area contributed by atoms with E-state index in [-0.39, 0.29) is 0 Å². The van der Waals surface area contributed by atoms with Crippen molar-refractivity contribution in [1.82, 2.24) is 9.97 Å². The maximum absolute atomic E-state index is 8.90. The van der Waals surface area contributed by atoms with Gasteiger partial charge in [-0.1, -0.05) is 18.2 Å². The van der Waals surface area contributed by atoms with Crippen LogP contribution >= 0.6 is 0 Å². The number of nitriles is 1. The van der Waals surface area contributed by atoms with Gasteiger partial charge in [-0.05, 0) is 24.3 Å². The molecule has 0 aliphatic heterocycles. The predicted molar refractivity (Wildman–Crippen MR) is 81.1 cm³/mol. The second-order valence-electron chi connectivity index (χ2n) is 4.59. The molecule has 0 unspecified atom stereocenters. The molecular weight excluding hydrogens is 264 g/mol. The zero-order valence-corrected chi connectivity index (χ0v) is 11.6. The van der Waals surface area contributed by atoms with Crippen LogP contribution in [0, 0.1) is 11.3 Å². The monoisotopic (exact) mass is 278 g/mol. The summed E-state index contributed by atoms with van der Waals surface area (Å²) in [4.78, 5) is 7.61. The Balaban J connectivity index is 1.81. The Morgan fingerprint density at radius 3 is 2.95 bits per heavy atom. The van der Waals surface area contributed by atoms with Crippen LogP contribution in [0.25, 0.3) is 11.0 Å². The van der Waals surface area contributed by atoms with E-state index in [1.807, 2.05) is 30.3 Å². The quantitative estimate of drug-likeness (QED) is 0.769. The summed E-state index contributed by atoms with van der Waals surface area (Å²) in [6.07, 6.45) is 0. The molecule has 2 N–H and O–H groups in total. The number of aromatic amines is 1. The molecule has 0 atom stereocenters. The van der Waals surface area contributed by atoms with Crippen LogP contribution in [0.15, 0.2) is 42.5 Å². The Hall–Kier alpha value is -3.00. The number of aromatic nitrogens is 2. The van der Waals surface area contributed by atoms with Gasteiger partial charge in [-0.25, -0.2) is 4.98 Å². The summed E-state index contributed by atoms with van der Waals surface area (Å²) in [6, 6.07) is 15.3. The van der Waals surface area contributed by atoms with Crippen molar-refractivity contribution >= 4 is 17.0 Å². The Morgan fingerprint density at radius 1 is 1.29 bits per heavy atom. The van der Waals surface area contributed by atoms with Gasteiger partial charge in [0.1, 0.15) is 5.75 Å². The van der Waals surface area contributed by atoms with E-state index in [1.54, 1.807) is 19.2 Å². The lowest BCUT2D eigenvalue weighted by atomic mass is 10.2. The van der Waals surface area contributed by atoms with Crippen molar-refractivity contribution in [3.05, 3.63) is 53.6 Å². The van der Waals surface area contributed by atoms with Gasteiger partial charge in [0.15, 0.2) is 0 Å². The van der Waals surface area contributed by atoms with E-state index in [0.717, 1.165) is 22.3 Å². The number of anilines is 1. The first kappa shape index (κ1) is 13.0. The Labute approximate surface area is 122 Å². The highest BCUT2D eigenvalue weighted by Gasteiger charge is 2.05. The minimum atomic E-state index is 0.606. The normalized spacial score (nSPS) is 10.3. The molecule has 0 saturated heterocycles. The maximum atomic E-state index is 8.90. The zero-order valence-electron chi connectivity index (χ0n) is 11.6. The van der Waals surface area contributed by atoms with Crippen LogP contribution < -0.4 is 10.1 Å². The largest absolute Gasteiger partial charge is 0.496 e. The number of para-hydroxylation sites is 1. The van der Waals surface area contributed by atoms with Gasteiger partial charge >= 0.3 is 0 Å². The Morgan fingerprint density at radius 2 is 2.14 bits per heavy atom. The van der Waals surface area contributed by atoms with Crippen molar-refractivity contribution in [3.63, 3.8) is 0 Å². The van der Waals surface area contributed by atoms with Crippen LogP contribution in [0.1, 0.15) is 11.1 Å². The summed E-state index contributed by atoms with van der Waals surface area (Å²) in [7, 11) is 1.66. The van der Waals surface area contributed by atoms with Crippen LogP contribution in [-0.4, -0.2) is 17.1 Å². The summed E-state index contributed by atoms with van der Waals surface area (Å²) in [5.74, 6) is 1.51. The molecule has 1 aromatic heterocycles. The molecule has 0 bridgehead atoms. The van der Waals surface area contributed by atoms with Gasteiger partial charge in [0.25, 0.3) is 0 Å². The zero-order chi connectivity index (χ0) is 14.7. The number of methoxy groups -OCH3 is 1. The van der Waals surface area contributed by atoms with Crippen molar-refractivity contribution in [1.29, 1.82) is 5.26 Å². The summed E-state index contributed by atoms with van der Waals surface area (Å²) in [6.45, 7) is 0.606. The first-order valence-corrected chi connectivity index (χ1v) is 6.56. The molecule has 104 valence electrons. The third-order valence-corrected chi connectivity index (χ3v) is 3.25. The Bertz CT molecular complexity index is 817. The second-order valence-corrected chi connectivity index (χ2v) is 4.59. The number of hydrogen-bond acceptors (Lipinski definition) is 4. The third-order valence-electron chi connectivity index (χ3n) is 3.25. The number of hydrogen-bond donors (Lipinski definition) is 2. The number of nitrogens with zero attached hydrogens (tertiary/aromatic N) is 2.